The van der Waals surface area contributed by atoms with Gasteiger partial charge in [-0.3, -0.25) is 14.5 Å². The standard InChI is InChI=1S/C33H36FN5O3/c1-23(31-27-6-2-3-7-28(27)32(40)36-35-31)33(41)39-16-14-26(15-17-39)42-25-12-10-24(11-13-25)22-37-18-20-38(21-19-37)30-9-5-4-8-29(30)34/h2-13,23,26H,14-22H2,1H3,(H,36,40)/t23-/m1/s1. The first-order valence-corrected chi connectivity index (χ1v) is 14.7. The summed E-state index contributed by atoms with van der Waals surface area (Å²) >= 11 is 0. The van der Waals surface area contributed by atoms with Crippen molar-refractivity contribution in [2.75, 3.05) is 44.2 Å². The number of para-hydroxylation sites is 1. The molecule has 218 valence electrons. The van der Waals surface area contributed by atoms with Crippen LogP contribution in [0.2, 0.25) is 0 Å². The van der Waals surface area contributed by atoms with Gasteiger partial charge in [0, 0.05) is 64.0 Å². The predicted molar refractivity (Wildman–Crippen MR) is 161 cm³/mol. The normalized spacial score (nSPS) is 17.4. The molecule has 0 bridgehead atoms. The number of fused-ring (bicyclic) bond motifs is 1. The number of carbonyl (C=O) groups is 1. The van der Waals surface area contributed by atoms with Crippen LogP contribution in [0.25, 0.3) is 10.8 Å². The summed E-state index contributed by atoms with van der Waals surface area (Å²) < 4.78 is 20.4. The molecule has 0 unspecified atom stereocenters. The van der Waals surface area contributed by atoms with Crippen LogP contribution in [0.4, 0.5) is 10.1 Å². The molecule has 2 aliphatic rings. The quantitative estimate of drug-likeness (QED) is 0.352. The lowest BCUT2D eigenvalue weighted by Crippen LogP contribution is -2.46. The first-order valence-electron chi connectivity index (χ1n) is 14.7. The molecule has 3 aromatic carbocycles. The smallest absolute Gasteiger partial charge is 0.272 e. The van der Waals surface area contributed by atoms with Gasteiger partial charge in [-0.05, 0) is 42.8 Å². The van der Waals surface area contributed by atoms with E-state index >= 15 is 0 Å². The maximum absolute atomic E-state index is 14.1. The molecular weight excluding hydrogens is 533 g/mol. The molecule has 4 aromatic rings. The van der Waals surface area contributed by atoms with E-state index in [0.717, 1.165) is 51.3 Å². The lowest BCUT2D eigenvalue weighted by Gasteiger charge is -2.36. The van der Waals surface area contributed by atoms with Crippen LogP contribution in [0.1, 0.15) is 36.9 Å². The Labute approximate surface area is 244 Å². The minimum absolute atomic E-state index is 0.0113. The van der Waals surface area contributed by atoms with E-state index in [0.29, 0.717) is 35.2 Å². The number of likely N-dealkylation sites (tertiary alicyclic amines) is 1. The number of nitrogens with zero attached hydrogens (tertiary/aromatic N) is 4. The number of piperidine rings is 1. The van der Waals surface area contributed by atoms with Crippen molar-refractivity contribution < 1.29 is 13.9 Å². The number of amides is 1. The molecule has 42 heavy (non-hydrogen) atoms. The summed E-state index contributed by atoms with van der Waals surface area (Å²) in [4.78, 5) is 31.9. The fraction of sp³-hybridized carbons (Fsp3) is 0.364. The van der Waals surface area contributed by atoms with E-state index in [1.54, 1.807) is 12.1 Å². The van der Waals surface area contributed by atoms with Crippen LogP contribution < -0.4 is 15.2 Å². The highest BCUT2D eigenvalue weighted by Crippen LogP contribution is 2.26. The summed E-state index contributed by atoms with van der Waals surface area (Å²) in [5.74, 6) is 0.229. The molecule has 6 rings (SSSR count). The van der Waals surface area contributed by atoms with Crippen molar-refractivity contribution in [3.8, 4) is 5.75 Å². The minimum atomic E-state index is -0.459. The summed E-state index contributed by atoms with van der Waals surface area (Å²) in [5.41, 5.74) is 2.25. The zero-order valence-corrected chi connectivity index (χ0v) is 23.8. The summed E-state index contributed by atoms with van der Waals surface area (Å²) in [5, 5.41) is 8.03. The first kappa shape index (κ1) is 27.9. The van der Waals surface area contributed by atoms with Gasteiger partial charge in [0.05, 0.1) is 22.7 Å². The number of rotatable bonds is 7. The monoisotopic (exact) mass is 569 g/mol. The van der Waals surface area contributed by atoms with Crippen molar-refractivity contribution in [1.29, 1.82) is 0 Å². The van der Waals surface area contributed by atoms with Crippen molar-refractivity contribution in [3.05, 3.63) is 100 Å². The molecule has 1 amide bonds. The van der Waals surface area contributed by atoms with Crippen LogP contribution >= 0.6 is 0 Å². The molecule has 2 fully saturated rings. The van der Waals surface area contributed by atoms with Crippen molar-refractivity contribution in [3.63, 3.8) is 0 Å². The van der Waals surface area contributed by atoms with Crippen LogP contribution in [-0.4, -0.2) is 71.3 Å². The molecule has 0 radical (unpaired) electrons. The van der Waals surface area contributed by atoms with Crippen molar-refractivity contribution >= 4 is 22.4 Å². The van der Waals surface area contributed by atoms with Gasteiger partial charge in [0.1, 0.15) is 17.7 Å². The number of piperazine rings is 1. The SMILES string of the molecule is C[C@@H](C(=O)N1CCC(Oc2ccc(CN3CCN(c4ccccc4F)CC3)cc2)CC1)c1n[nH]c(=O)c2ccccc12. The number of halogens is 1. The van der Waals surface area contributed by atoms with Crippen molar-refractivity contribution in [1.82, 2.24) is 20.0 Å². The Balaban J connectivity index is 0.976. The molecule has 9 heteroatoms. The van der Waals surface area contributed by atoms with Gasteiger partial charge in [0.15, 0.2) is 0 Å². The number of carbonyl (C=O) groups excluding carboxylic acids is 1. The van der Waals surface area contributed by atoms with Gasteiger partial charge in [-0.25, -0.2) is 9.49 Å². The predicted octanol–water partition coefficient (Wildman–Crippen LogP) is 4.56. The van der Waals surface area contributed by atoms with E-state index < -0.39 is 5.92 Å². The second kappa shape index (κ2) is 12.3. The molecule has 8 nitrogen and oxygen atoms in total. The molecule has 0 saturated carbocycles. The van der Waals surface area contributed by atoms with Crippen LogP contribution in [0, 0.1) is 5.82 Å². The number of hydrogen-bond donors (Lipinski definition) is 1. The Morgan fingerprint density at radius 3 is 2.31 bits per heavy atom. The second-order valence-electron chi connectivity index (χ2n) is 11.2. The summed E-state index contributed by atoms with van der Waals surface area (Å²) in [6.45, 7) is 7.32. The molecule has 1 atom stereocenters. The lowest BCUT2D eigenvalue weighted by molar-refractivity contribution is -0.134. The van der Waals surface area contributed by atoms with Crippen LogP contribution in [-0.2, 0) is 11.3 Å². The topological polar surface area (TPSA) is 81.8 Å². The minimum Gasteiger partial charge on any atom is -0.490 e. The van der Waals surface area contributed by atoms with Gasteiger partial charge in [0.25, 0.3) is 5.56 Å². The van der Waals surface area contributed by atoms with Crippen LogP contribution in [0.15, 0.2) is 77.6 Å². The van der Waals surface area contributed by atoms with E-state index in [2.05, 4.69) is 32.1 Å². The number of aromatic amines is 1. The van der Waals surface area contributed by atoms with Gasteiger partial charge in [-0.2, -0.15) is 5.10 Å². The van der Waals surface area contributed by atoms with Gasteiger partial charge in [-0.1, -0.05) is 42.5 Å². The Hall–Kier alpha value is -4.24. The first-order chi connectivity index (χ1) is 20.5. The number of H-pyrrole nitrogens is 1. The molecular formula is C33H36FN5O3. The average molecular weight is 570 g/mol. The van der Waals surface area contributed by atoms with Gasteiger partial charge in [0.2, 0.25) is 5.91 Å². The van der Waals surface area contributed by atoms with E-state index in [9.17, 15) is 14.0 Å². The van der Waals surface area contributed by atoms with Crippen molar-refractivity contribution in [2.24, 2.45) is 0 Å². The molecule has 2 saturated heterocycles. The Kier molecular flexibility index (Phi) is 8.19. The summed E-state index contributed by atoms with van der Waals surface area (Å²) in [6.07, 6.45) is 1.56. The van der Waals surface area contributed by atoms with E-state index in [4.69, 9.17) is 4.74 Å². The van der Waals surface area contributed by atoms with E-state index in [-0.39, 0.29) is 23.4 Å². The third kappa shape index (κ3) is 6.01. The number of aromatic nitrogens is 2. The van der Waals surface area contributed by atoms with E-state index in [1.807, 2.05) is 54.3 Å². The number of ether oxygens (including phenoxy) is 1. The number of nitrogens with one attached hydrogen (secondary N) is 1. The fourth-order valence-corrected chi connectivity index (χ4v) is 6.03. The van der Waals surface area contributed by atoms with Gasteiger partial charge >= 0.3 is 0 Å². The largest absolute Gasteiger partial charge is 0.490 e. The molecule has 2 aliphatic heterocycles. The van der Waals surface area contributed by atoms with Crippen molar-refractivity contribution in [2.45, 2.75) is 38.3 Å². The van der Waals surface area contributed by atoms with Gasteiger partial charge in [-0.15, -0.1) is 0 Å². The Morgan fingerprint density at radius 2 is 1.60 bits per heavy atom. The molecule has 0 spiro atoms. The van der Waals surface area contributed by atoms with Crippen LogP contribution in [0.5, 0.6) is 5.75 Å². The number of hydrogen-bond acceptors (Lipinski definition) is 6. The highest BCUT2D eigenvalue weighted by molar-refractivity contribution is 5.91. The zero-order valence-electron chi connectivity index (χ0n) is 23.8. The number of benzene rings is 3. The zero-order chi connectivity index (χ0) is 29.1. The van der Waals surface area contributed by atoms with E-state index in [1.165, 1.54) is 11.6 Å². The Bertz CT molecular complexity index is 1590. The van der Waals surface area contributed by atoms with Gasteiger partial charge < -0.3 is 14.5 Å². The number of anilines is 1. The second-order valence-corrected chi connectivity index (χ2v) is 11.2. The Morgan fingerprint density at radius 1 is 0.929 bits per heavy atom. The molecule has 0 aliphatic carbocycles. The fourth-order valence-electron chi connectivity index (χ4n) is 6.03. The third-order valence-electron chi connectivity index (χ3n) is 8.46. The lowest BCUT2D eigenvalue weighted by atomic mass is 9.98. The maximum atomic E-state index is 14.1. The maximum Gasteiger partial charge on any atom is 0.272 e. The van der Waals surface area contributed by atoms with Crippen LogP contribution in [0.3, 0.4) is 0 Å². The molecule has 1 aromatic heterocycles. The third-order valence-corrected chi connectivity index (χ3v) is 8.46. The molecule has 3 heterocycles. The molecule has 1 N–H and O–H groups in total. The summed E-state index contributed by atoms with van der Waals surface area (Å²) in [7, 11) is 0. The highest BCUT2D eigenvalue weighted by atomic mass is 19.1. The highest BCUT2D eigenvalue weighted by Gasteiger charge is 2.29. The summed E-state index contributed by atoms with van der Waals surface area (Å²) in [6, 6.07) is 22.5. The average Bonchev–Trinajstić information content (AvgIpc) is 3.03.